The van der Waals surface area contributed by atoms with Crippen LogP contribution >= 0.6 is 0 Å². The van der Waals surface area contributed by atoms with Crippen molar-refractivity contribution in [3.63, 3.8) is 0 Å². The third kappa shape index (κ3) is 3.13. The summed E-state index contributed by atoms with van der Waals surface area (Å²) in [5.74, 6) is 1.38. The number of aldehydes is 1. The first kappa shape index (κ1) is 11.3. The lowest BCUT2D eigenvalue weighted by Gasteiger charge is -2.09. The van der Waals surface area contributed by atoms with Gasteiger partial charge in [0.25, 0.3) is 0 Å². The Balaban J connectivity index is 2.96. The zero-order valence-corrected chi connectivity index (χ0v) is 8.90. The maximum absolute atomic E-state index is 10.2. The molecule has 1 rings (SSSR count). The lowest BCUT2D eigenvalue weighted by Crippen LogP contribution is -1.95. The first-order chi connectivity index (χ1) is 7.31. The van der Waals surface area contributed by atoms with Crippen LogP contribution in [0.2, 0.25) is 0 Å². The fraction of sp³-hybridized carbons (Fsp3) is 0.250. The highest BCUT2D eigenvalue weighted by molar-refractivity contribution is 5.74. The molecule has 1 aromatic carbocycles. The SMILES string of the molecule is CCOc1ccc(/C=C/C=O)cc1OC. The molecule has 0 amide bonds. The van der Waals surface area contributed by atoms with Gasteiger partial charge in [-0.15, -0.1) is 0 Å². The van der Waals surface area contributed by atoms with Crippen LogP contribution in [0.25, 0.3) is 6.08 Å². The van der Waals surface area contributed by atoms with Gasteiger partial charge in [-0.3, -0.25) is 4.79 Å². The number of carbonyl (C=O) groups is 1. The molecule has 0 aliphatic rings. The number of carbonyl (C=O) groups excluding carboxylic acids is 1. The van der Waals surface area contributed by atoms with Crippen LogP contribution < -0.4 is 9.47 Å². The average Bonchev–Trinajstić information content (AvgIpc) is 2.28. The maximum atomic E-state index is 10.2. The quantitative estimate of drug-likeness (QED) is 0.547. The van der Waals surface area contributed by atoms with E-state index in [-0.39, 0.29) is 0 Å². The molecule has 0 fully saturated rings. The monoisotopic (exact) mass is 206 g/mol. The molecule has 0 saturated heterocycles. The largest absolute Gasteiger partial charge is 0.493 e. The summed E-state index contributed by atoms with van der Waals surface area (Å²) in [6, 6.07) is 5.52. The third-order valence-electron chi connectivity index (χ3n) is 1.85. The molecule has 0 N–H and O–H groups in total. The Hall–Kier alpha value is -1.77. The predicted molar refractivity (Wildman–Crippen MR) is 59.3 cm³/mol. The average molecular weight is 206 g/mol. The Morgan fingerprint density at radius 1 is 1.33 bits per heavy atom. The summed E-state index contributed by atoms with van der Waals surface area (Å²) in [6.07, 6.45) is 3.89. The molecule has 0 unspecified atom stereocenters. The van der Waals surface area contributed by atoms with Crippen molar-refractivity contribution < 1.29 is 14.3 Å². The van der Waals surface area contributed by atoms with Gasteiger partial charge in [0.05, 0.1) is 13.7 Å². The predicted octanol–water partition coefficient (Wildman–Crippen LogP) is 2.31. The zero-order chi connectivity index (χ0) is 11.1. The third-order valence-corrected chi connectivity index (χ3v) is 1.85. The van der Waals surface area contributed by atoms with Crippen molar-refractivity contribution in [3.8, 4) is 11.5 Å². The number of allylic oxidation sites excluding steroid dienone is 1. The van der Waals surface area contributed by atoms with E-state index < -0.39 is 0 Å². The molecule has 0 saturated carbocycles. The highest BCUT2D eigenvalue weighted by atomic mass is 16.5. The summed E-state index contributed by atoms with van der Waals surface area (Å²) in [5, 5.41) is 0. The van der Waals surface area contributed by atoms with E-state index in [4.69, 9.17) is 9.47 Å². The Labute approximate surface area is 89.3 Å². The molecule has 0 radical (unpaired) electrons. The zero-order valence-electron chi connectivity index (χ0n) is 8.90. The first-order valence-electron chi connectivity index (χ1n) is 4.74. The van der Waals surface area contributed by atoms with Gasteiger partial charge in [0.1, 0.15) is 6.29 Å². The molecule has 3 nitrogen and oxygen atoms in total. The maximum Gasteiger partial charge on any atom is 0.161 e. The van der Waals surface area contributed by atoms with Crippen molar-refractivity contribution >= 4 is 12.4 Å². The summed E-state index contributed by atoms with van der Waals surface area (Å²) in [4.78, 5) is 10.2. The Morgan fingerprint density at radius 2 is 2.13 bits per heavy atom. The lowest BCUT2D eigenvalue weighted by atomic mass is 10.2. The van der Waals surface area contributed by atoms with Gasteiger partial charge in [-0.05, 0) is 30.7 Å². The van der Waals surface area contributed by atoms with E-state index in [9.17, 15) is 4.79 Å². The molecule has 0 aliphatic heterocycles. The van der Waals surface area contributed by atoms with Gasteiger partial charge in [-0.25, -0.2) is 0 Å². The van der Waals surface area contributed by atoms with Crippen LogP contribution in [0.3, 0.4) is 0 Å². The van der Waals surface area contributed by atoms with E-state index in [1.54, 1.807) is 13.2 Å². The normalized spacial score (nSPS) is 10.3. The van der Waals surface area contributed by atoms with Crippen molar-refractivity contribution in [1.82, 2.24) is 0 Å². The van der Waals surface area contributed by atoms with Crippen molar-refractivity contribution in [2.45, 2.75) is 6.92 Å². The number of hydrogen-bond donors (Lipinski definition) is 0. The molecular formula is C12H14O3. The fourth-order valence-corrected chi connectivity index (χ4v) is 1.21. The van der Waals surface area contributed by atoms with E-state index in [0.29, 0.717) is 18.1 Å². The molecular weight excluding hydrogens is 192 g/mol. The van der Waals surface area contributed by atoms with E-state index in [1.807, 2.05) is 25.1 Å². The molecule has 80 valence electrons. The topological polar surface area (TPSA) is 35.5 Å². The molecule has 0 aromatic heterocycles. The number of methoxy groups -OCH3 is 1. The minimum absolute atomic E-state index is 0.597. The number of benzene rings is 1. The van der Waals surface area contributed by atoms with Crippen molar-refractivity contribution in [2.75, 3.05) is 13.7 Å². The molecule has 15 heavy (non-hydrogen) atoms. The van der Waals surface area contributed by atoms with Gasteiger partial charge >= 0.3 is 0 Å². The second kappa shape index (κ2) is 5.86. The second-order valence-corrected chi connectivity index (χ2v) is 2.84. The van der Waals surface area contributed by atoms with Gasteiger partial charge < -0.3 is 9.47 Å². The summed E-state index contributed by atoms with van der Waals surface area (Å²) in [7, 11) is 1.59. The second-order valence-electron chi connectivity index (χ2n) is 2.84. The van der Waals surface area contributed by atoms with Crippen LogP contribution in [0.15, 0.2) is 24.3 Å². The minimum Gasteiger partial charge on any atom is -0.493 e. The molecule has 0 aliphatic carbocycles. The van der Waals surface area contributed by atoms with Crippen LogP contribution in [0, 0.1) is 0 Å². The summed E-state index contributed by atoms with van der Waals surface area (Å²) < 4.78 is 10.5. The molecule has 1 aromatic rings. The Morgan fingerprint density at radius 3 is 2.73 bits per heavy atom. The molecule has 0 spiro atoms. The van der Waals surface area contributed by atoms with E-state index in [2.05, 4.69) is 0 Å². The van der Waals surface area contributed by atoms with Gasteiger partial charge in [-0.2, -0.15) is 0 Å². The molecule has 3 heteroatoms. The van der Waals surface area contributed by atoms with Gasteiger partial charge in [0, 0.05) is 0 Å². The van der Waals surface area contributed by atoms with E-state index >= 15 is 0 Å². The number of ether oxygens (including phenoxy) is 2. The fourth-order valence-electron chi connectivity index (χ4n) is 1.21. The lowest BCUT2D eigenvalue weighted by molar-refractivity contribution is -0.104. The molecule has 0 atom stereocenters. The highest BCUT2D eigenvalue weighted by Crippen LogP contribution is 2.28. The standard InChI is InChI=1S/C12H14O3/c1-3-15-11-7-6-10(5-4-8-13)9-12(11)14-2/h4-9H,3H2,1-2H3/b5-4+. The Bertz CT molecular complexity index is 356. The van der Waals surface area contributed by atoms with Gasteiger partial charge in [0.2, 0.25) is 0 Å². The number of hydrogen-bond acceptors (Lipinski definition) is 3. The van der Waals surface area contributed by atoms with Crippen LogP contribution in [0.4, 0.5) is 0 Å². The van der Waals surface area contributed by atoms with E-state index in [1.165, 1.54) is 6.08 Å². The summed E-state index contributed by atoms with van der Waals surface area (Å²) in [6.45, 7) is 2.51. The highest BCUT2D eigenvalue weighted by Gasteiger charge is 2.03. The van der Waals surface area contributed by atoms with Crippen LogP contribution in [0.1, 0.15) is 12.5 Å². The van der Waals surface area contributed by atoms with Gasteiger partial charge in [0.15, 0.2) is 11.5 Å². The summed E-state index contributed by atoms with van der Waals surface area (Å²) >= 11 is 0. The van der Waals surface area contributed by atoms with E-state index in [0.717, 1.165) is 11.8 Å². The minimum atomic E-state index is 0.597. The van der Waals surface area contributed by atoms with Crippen LogP contribution in [0.5, 0.6) is 11.5 Å². The number of rotatable bonds is 5. The van der Waals surface area contributed by atoms with Crippen molar-refractivity contribution in [3.05, 3.63) is 29.8 Å². The molecule has 0 bridgehead atoms. The van der Waals surface area contributed by atoms with Gasteiger partial charge in [-0.1, -0.05) is 12.1 Å². The smallest absolute Gasteiger partial charge is 0.161 e. The van der Waals surface area contributed by atoms with Crippen molar-refractivity contribution in [2.24, 2.45) is 0 Å². The first-order valence-corrected chi connectivity index (χ1v) is 4.74. The molecule has 0 heterocycles. The Kier molecular flexibility index (Phi) is 4.41. The van der Waals surface area contributed by atoms with Crippen LogP contribution in [-0.4, -0.2) is 20.0 Å². The summed E-state index contributed by atoms with van der Waals surface area (Å²) in [5.41, 5.74) is 0.905. The van der Waals surface area contributed by atoms with Crippen molar-refractivity contribution in [1.29, 1.82) is 0 Å². The van der Waals surface area contributed by atoms with Crippen LogP contribution in [-0.2, 0) is 4.79 Å².